The fourth-order valence-corrected chi connectivity index (χ4v) is 1.66. The topological polar surface area (TPSA) is 39.9 Å². The molecule has 0 saturated carbocycles. The molecule has 0 aliphatic rings. The van der Waals surface area contributed by atoms with Crippen molar-refractivity contribution in [3.05, 3.63) is 36.5 Å². The maximum absolute atomic E-state index is 5.29. The smallest absolute Gasteiger partial charge is 0.181 e. The summed E-state index contributed by atoms with van der Waals surface area (Å²) < 4.78 is 7.27. The van der Waals surface area contributed by atoms with Crippen molar-refractivity contribution in [2.45, 2.75) is 19.8 Å². The molecule has 0 spiro atoms. The highest BCUT2D eigenvalue weighted by Crippen LogP contribution is 2.20. The Morgan fingerprint density at radius 2 is 2.19 bits per heavy atom. The summed E-state index contributed by atoms with van der Waals surface area (Å²) in [5, 5.41) is 0. The fraction of sp³-hybridized carbons (Fsp3) is 0.333. The molecule has 0 bridgehead atoms. The molecular weight excluding hydrogens is 202 g/mol. The van der Waals surface area contributed by atoms with E-state index < -0.39 is 0 Å². The molecule has 2 heterocycles. The Kier molecular flexibility index (Phi) is 3.19. The highest BCUT2D eigenvalue weighted by Gasteiger charge is 2.09. The average molecular weight is 217 g/mol. The van der Waals surface area contributed by atoms with E-state index in [1.807, 2.05) is 22.9 Å². The van der Waals surface area contributed by atoms with E-state index in [1.165, 1.54) is 0 Å². The number of pyridine rings is 1. The Morgan fingerprint density at radius 1 is 1.31 bits per heavy atom. The molecule has 0 fully saturated rings. The summed E-state index contributed by atoms with van der Waals surface area (Å²) in [6.07, 6.45) is 7.46. The first kappa shape index (κ1) is 10.7. The molecule has 84 valence electrons. The van der Waals surface area contributed by atoms with Crippen molar-refractivity contribution in [3.63, 3.8) is 0 Å². The van der Waals surface area contributed by atoms with E-state index in [9.17, 15) is 0 Å². The van der Waals surface area contributed by atoms with Gasteiger partial charge in [-0.25, -0.2) is 9.97 Å². The van der Waals surface area contributed by atoms with Crippen LogP contribution in [0.15, 0.2) is 30.7 Å². The minimum Gasteiger partial charge on any atom is -0.493 e. The Hall–Kier alpha value is -1.84. The van der Waals surface area contributed by atoms with Crippen molar-refractivity contribution in [1.29, 1.82) is 0 Å². The highest BCUT2D eigenvalue weighted by molar-refractivity contribution is 5.40. The van der Waals surface area contributed by atoms with E-state index in [0.29, 0.717) is 0 Å². The lowest BCUT2D eigenvalue weighted by molar-refractivity contribution is 0.410. The molecule has 0 atom stereocenters. The van der Waals surface area contributed by atoms with Crippen LogP contribution >= 0.6 is 0 Å². The lowest BCUT2D eigenvalue weighted by Crippen LogP contribution is -2.04. The number of hydrogen-bond acceptors (Lipinski definition) is 3. The normalized spacial score (nSPS) is 10.4. The predicted octanol–water partition coefficient (Wildman–Crippen LogP) is 2.23. The standard InChI is InChI=1S/C12H15N3O/c1-3-5-11-13-8-9-15(11)12-10(16-2)6-4-7-14-12/h4,6-9H,3,5H2,1-2H3. The highest BCUT2D eigenvalue weighted by atomic mass is 16.5. The maximum atomic E-state index is 5.29. The zero-order valence-corrected chi connectivity index (χ0v) is 9.55. The first-order valence-corrected chi connectivity index (χ1v) is 5.38. The molecule has 0 amide bonds. The van der Waals surface area contributed by atoms with Gasteiger partial charge >= 0.3 is 0 Å². The van der Waals surface area contributed by atoms with Gasteiger partial charge < -0.3 is 4.74 Å². The van der Waals surface area contributed by atoms with Crippen LogP contribution in [0, 0.1) is 0 Å². The van der Waals surface area contributed by atoms with Gasteiger partial charge in [0.2, 0.25) is 0 Å². The van der Waals surface area contributed by atoms with Crippen LogP contribution in [0.5, 0.6) is 5.75 Å². The number of rotatable bonds is 4. The molecule has 4 nitrogen and oxygen atoms in total. The van der Waals surface area contributed by atoms with E-state index in [4.69, 9.17) is 4.74 Å². The van der Waals surface area contributed by atoms with Gasteiger partial charge in [0.1, 0.15) is 5.82 Å². The molecule has 2 rings (SSSR count). The third kappa shape index (κ3) is 1.91. The summed E-state index contributed by atoms with van der Waals surface area (Å²) >= 11 is 0. The number of aryl methyl sites for hydroxylation is 1. The summed E-state index contributed by atoms with van der Waals surface area (Å²) in [5.74, 6) is 2.57. The Bertz CT molecular complexity index is 465. The average Bonchev–Trinajstić information content (AvgIpc) is 2.77. The zero-order chi connectivity index (χ0) is 11.4. The summed E-state index contributed by atoms with van der Waals surface area (Å²) in [6, 6.07) is 3.76. The summed E-state index contributed by atoms with van der Waals surface area (Å²) in [5.41, 5.74) is 0. The third-order valence-corrected chi connectivity index (χ3v) is 2.39. The molecule has 0 aliphatic carbocycles. The molecular formula is C12H15N3O. The van der Waals surface area contributed by atoms with E-state index in [2.05, 4.69) is 16.9 Å². The molecule has 4 heteroatoms. The van der Waals surface area contributed by atoms with Crippen molar-refractivity contribution in [3.8, 4) is 11.6 Å². The molecule has 2 aromatic rings. The zero-order valence-electron chi connectivity index (χ0n) is 9.55. The minimum atomic E-state index is 0.762. The first-order valence-electron chi connectivity index (χ1n) is 5.38. The number of hydrogen-bond donors (Lipinski definition) is 0. The first-order chi connectivity index (χ1) is 7.86. The summed E-state index contributed by atoms with van der Waals surface area (Å²) in [4.78, 5) is 8.66. The molecule has 0 N–H and O–H groups in total. The largest absolute Gasteiger partial charge is 0.493 e. The molecule has 0 aromatic carbocycles. The van der Waals surface area contributed by atoms with E-state index in [-0.39, 0.29) is 0 Å². The van der Waals surface area contributed by atoms with Gasteiger partial charge in [0.15, 0.2) is 11.6 Å². The molecule has 0 aliphatic heterocycles. The van der Waals surface area contributed by atoms with Crippen molar-refractivity contribution in [1.82, 2.24) is 14.5 Å². The van der Waals surface area contributed by atoms with Gasteiger partial charge in [-0.3, -0.25) is 4.57 Å². The number of ether oxygens (including phenoxy) is 1. The lowest BCUT2D eigenvalue weighted by Gasteiger charge is -2.09. The lowest BCUT2D eigenvalue weighted by atomic mass is 10.3. The van der Waals surface area contributed by atoms with E-state index in [1.54, 1.807) is 19.5 Å². The second-order valence-corrected chi connectivity index (χ2v) is 3.49. The van der Waals surface area contributed by atoms with Gasteiger partial charge in [-0.2, -0.15) is 0 Å². The van der Waals surface area contributed by atoms with Gasteiger partial charge in [-0.15, -0.1) is 0 Å². The van der Waals surface area contributed by atoms with Crippen LogP contribution in [0.25, 0.3) is 5.82 Å². The van der Waals surface area contributed by atoms with Crippen molar-refractivity contribution < 1.29 is 4.74 Å². The number of aromatic nitrogens is 3. The van der Waals surface area contributed by atoms with Crippen LogP contribution in [0.4, 0.5) is 0 Å². The van der Waals surface area contributed by atoms with Gasteiger partial charge in [0.25, 0.3) is 0 Å². The fourth-order valence-electron chi connectivity index (χ4n) is 1.66. The molecule has 0 saturated heterocycles. The number of imidazole rings is 1. The molecule has 2 aromatic heterocycles. The van der Waals surface area contributed by atoms with Gasteiger partial charge in [0, 0.05) is 25.0 Å². The van der Waals surface area contributed by atoms with Crippen LogP contribution in [-0.4, -0.2) is 21.6 Å². The van der Waals surface area contributed by atoms with Gasteiger partial charge in [-0.05, 0) is 18.6 Å². The summed E-state index contributed by atoms with van der Waals surface area (Å²) in [6.45, 7) is 2.13. The second kappa shape index (κ2) is 4.79. The second-order valence-electron chi connectivity index (χ2n) is 3.49. The van der Waals surface area contributed by atoms with Crippen molar-refractivity contribution in [2.75, 3.05) is 7.11 Å². The Balaban J connectivity index is 2.45. The quantitative estimate of drug-likeness (QED) is 0.788. The van der Waals surface area contributed by atoms with Crippen LogP contribution in [0.3, 0.4) is 0 Å². The minimum absolute atomic E-state index is 0.762. The monoisotopic (exact) mass is 217 g/mol. The molecule has 16 heavy (non-hydrogen) atoms. The van der Waals surface area contributed by atoms with Crippen LogP contribution in [-0.2, 0) is 6.42 Å². The maximum Gasteiger partial charge on any atom is 0.181 e. The van der Waals surface area contributed by atoms with Gasteiger partial charge in [-0.1, -0.05) is 6.92 Å². The van der Waals surface area contributed by atoms with Gasteiger partial charge in [0.05, 0.1) is 7.11 Å². The predicted molar refractivity (Wildman–Crippen MR) is 61.9 cm³/mol. The van der Waals surface area contributed by atoms with Crippen molar-refractivity contribution in [2.24, 2.45) is 0 Å². The van der Waals surface area contributed by atoms with Crippen molar-refractivity contribution >= 4 is 0 Å². The van der Waals surface area contributed by atoms with E-state index in [0.717, 1.165) is 30.2 Å². The Morgan fingerprint density at radius 3 is 2.94 bits per heavy atom. The number of nitrogens with zero attached hydrogens (tertiary/aromatic N) is 3. The van der Waals surface area contributed by atoms with Crippen LogP contribution in [0.2, 0.25) is 0 Å². The molecule has 0 radical (unpaired) electrons. The Labute approximate surface area is 94.9 Å². The van der Waals surface area contributed by atoms with Crippen LogP contribution in [0.1, 0.15) is 19.2 Å². The molecule has 0 unspecified atom stereocenters. The number of methoxy groups -OCH3 is 1. The van der Waals surface area contributed by atoms with E-state index >= 15 is 0 Å². The van der Waals surface area contributed by atoms with Crippen LogP contribution < -0.4 is 4.74 Å². The summed E-state index contributed by atoms with van der Waals surface area (Å²) in [7, 11) is 1.65. The third-order valence-electron chi connectivity index (χ3n) is 2.39. The SMILES string of the molecule is CCCc1nccn1-c1ncccc1OC.